The van der Waals surface area contributed by atoms with Gasteiger partial charge in [-0.3, -0.25) is 10.1 Å². The third kappa shape index (κ3) is 4.27. The quantitative estimate of drug-likeness (QED) is 0.339. The lowest BCUT2D eigenvalue weighted by Gasteiger charge is -2.39. The molecule has 0 bridgehead atoms. The van der Waals surface area contributed by atoms with Gasteiger partial charge in [0.05, 0.1) is 19.0 Å². The van der Waals surface area contributed by atoms with Crippen LogP contribution >= 0.6 is 0 Å². The molecule has 4 rings (SSSR count). The number of aromatic amines is 1. The minimum atomic E-state index is -0.761. The second kappa shape index (κ2) is 9.41. The predicted octanol–water partition coefficient (Wildman–Crippen LogP) is 4.08. The van der Waals surface area contributed by atoms with Crippen LogP contribution < -0.4 is 5.32 Å². The van der Waals surface area contributed by atoms with E-state index in [4.69, 9.17) is 4.74 Å². The number of imidazole rings is 1. The first-order chi connectivity index (χ1) is 15.2. The van der Waals surface area contributed by atoms with Crippen LogP contribution in [0.5, 0.6) is 0 Å². The summed E-state index contributed by atoms with van der Waals surface area (Å²) in [5, 5.41) is 3.68. The van der Waals surface area contributed by atoms with Crippen LogP contribution in [0.15, 0.2) is 104 Å². The number of carbonyl (C=O) groups is 1. The minimum Gasteiger partial charge on any atom is -0.468 e. The normalized spacial score (nSPS) is 12.3. The van der Waals surface area contributed by atoms with E-state index in [2.05, 4.69) is 51.7 Å². The standard InChI is InChI=1S/C26H25N3O2/c1-31-25(30)24(17-23-18-27-19-28-23)29-26(20-11-5-2-6-12-20,21-13-7-3-8-14-21)22-15-9-4-10-16-22/h2-16,18-19,24,29H,17H2,1H3,(H,27,28)/t24-/m1/s1. The van der Waals surface area contributed by atoms with Crippen LogP contribution in [-0.2, 0) is 21.5 Å². The average molecular weight is 412 g/mol. The van der Waals surface area contributed by atoms with Crippen molar-refractivity contribution >= 4 is 5.97 Å². The van der Waals surface area contributed by atoms with Gasteiger partial charge in [-0.1, -0.05) is 91.0 Å². The first kappa shape index (κ1) is 20.6. The molecular formula is C26H25N3O2. The fraction of sp³-hybridized carbons (Fsp3) is 0.154. The Labute approximate surface area is 182 Å². The van der Waals surface area contributed by atoms with E-state index in [9.17, 15) is 4.79 Å². The lowest BCUT2D eigenvalue weighted by atomic mass is 9.76. The summed E-state index contributed by atoms with van der Waals surface area (Å²) in [6.45, 7) is 0. The van der Waals surface area contributed by atoms with Gasteiger partial charge < -0.3 is 9.72 Å². The first-order valence-corrected chi connectivity index (χ1v) is 10.2. The number of nitrogens with zero attached hydrogens (tertiary/aromatic N) is 1. The van der Waals surface area contributed by atoms with Crippen molar-refractivity contribution in [3.05, 3.63) is 126 Å². The van der Waals surface area contributed by atoms with E-state index in [0.717, 1.165) is 22.4 Å². The van der Waals surface area contributed by atoms with Crippen molar-refractivity contribution in [1.29, 1.82) is 0 Å². The number of rotatable bonds is 8. The Balaban J connectivity index is 1.91. The molecule has 5 heteroatoms. The number of hydrogen-bond acceptors (Lipinski definition) is 4. The molecule has 1 atom stereocenters. The summed E-state index contributed by atoms with van der Waals surface area (Å²) in [6.07, 6.45) is 3.76. The highest BCUT2D eigenvalue weighted by molar-refractivity contribution is 5.76. The Kier molecular flexibility index (Phi) is 6.24. The molecule has 4 aromatic rings. The molecule has 0 amide bonds. The van der Waals surface area contributed by atoms with Crippen LogP contribution in [0.2, 0.25) is 0 Å². The van der Waals surface area contributed by atoms with Gasteiger partial charge >= 0.3 is 5.97 Å². The maximum Gasteiger partial charge on any atom is 0.323 e. The van der Waals surface area contributed by atoms with E-state index >= 15 is 0 Å². The number of aromatic nitrogens is 2. The zero-order valence-corrected chi connectivity index (χ0v) is 17.4. The predicted molar refractivity (Wildman–Crippen MR) is 120 cm³/mol. The van der Waals surface area contributed by atoms with E-state index in [-0.39, 0.29) is 5.97 Å². The van der Waals surface area contributed by atoms with Crippen molar-refractivity contribution in [2.24, 2.45) is 0 Å². The molecule has 31 heavy (non-hydrogen) atoms. The number of H-pyrrole nitrogens is 1. The maximum absolute atomic E-state index is 12.9. The van der Waals surface area contributed by atoms with Crippen LogP contribution in [0, 0.1) is 0 Å². The minimum absolute atomic E-state index is 0.332. The molecule has 156 valence electrons. The maximum atomic E-state index is 12.9. The zero-order chi connectivity index (χ0) is 21.5. The molecule has 0 saturated carbocycles. The Morgan fingerprint density at radius 1 is 0.903 bits per heavy atom. The molecule has 1 aromatic heterocycles. The number of methoxy groups -OCH3 is 1. The molecule has 0 unspecified atom stereocenters. The molecule has 2 N–H and O–H groups in total. The highest BCUT2D eigenvalue weighted by atomic mass is 16.5. The number of esters is 1. The van der Waals surface area contributed by atoms with E-state index in [1.165, 1.54) is 7.11 Å². The largest absolute Gasteiger partial charge is 0.468 e. The summed E-state index contributed by atoms with van der Waals surface area (Å²) >= 11 is 0. The summed E-state index contributed by atoms with van der Waals surface area (Å²) in [5.41, 5.74) is 3.19. The van der Waals surface area contributed by atoms with Crippen LogP contribution in [0.1, 0.15) is 22.4 Å². The van der Waals surface area contributed by atoms with Gasteiger partial charge in [-0.2, -0.15) is 0 Å². The Morgan fingerprint density at radius 3 is 1.77 bits per heavy atom. The molecular weight excluding hydrogens is 386 g/mol. The number of benzene rings is 3. The lowest BCUT2D eigenvalue weighted by molar-refractivity contribution is -0.143. The van der Waals surface area contributed by atoms with Gasteiger partial charge in [0.25, 0.3) is 0 Å². The molecule has 5 nitrogen and oxygen atoms in total. The Morgan fingerprint density at radius 2 is 1.39 bits per heavy atom. The van der Waals surface area contributed by atoms with Crippen molar-refractivity contribution in [3.8, 4) is 0 Å². The van der Waals surface area contributed by atoms with Gasteiger partial charge in [-0.05, 0) is 16.7 Å². The van der Waals surface area contributed by atoms with Crippen molar-refractivity contribution in [3.63, 3.8) is 0 Å². The van der Waals surface area contributed by atoms with Crippen molar-refractivity contribution in [1.82, 2.24) is 15.3 Å². The summed E-state index contributed by atoms with van der Waals surface area (Å²) in [4.78, 5) is 20.1. The fourth-order valence-electron chi connectivity index (χ4n) is 4.03. The van der Waals surface area contributed by atoms with Gasteiger partial charge in [-0.25, -0.2) is 4.98 Å². The van der Waals surface area contributed by atoms with Crippen molar-refractivity contribution in [2.75, 3.05) is 7.11 Å². The molecule has 0 aliphatic rings. The van der Waals surface area contributed by atoms with E-state index in [0.29, 0.717) is 6.42 Å². The highest BCUT2D eigenvalue weighted by Crippen LogP contribution is 2.37. The van der Waals surface area contributed by atoms with E-state index in [1.54, 1.807) is 12.5 Å². The Bertz CT molecular complexity index is 985. The van der Waals surface area contributed by atoms with Gasteiger partial charge in [0.1, 0.15) is 6.04 Å². The summed E-state index contributed by atoms with van der Waals surface area (Å²) in [6, 6.07) is 29.9. The van der Waals surface area contributed by atoms with Crippen molar-refractivity contribution in [2.45, 2.75) is 18.0 Å². The topological polar surface area (TPSA) is 67.0 Å². The molecule has 3 aromatic carbocycles. The second-order valence-electron chi connectivity index (χ2n) is 7.35. The Hall–Kier alpha value is -3.70. The molecule has 0 aliphatic carbocycles. The zero-order valence-electron chi connectivity index (χ0n) is 17.4. The number of carbonyl (C=O) groups excluding carboxylic acids is 1. The van der Waals surface area contributed by atoms with E-state index < -0.39 is 11.6 Å². The molecule has 0 spiro atoms. The highest BCUT2D eigenvalue weighted by Gasteiger charge is 2.40. The molecule has 0 saturated heterocycles. The molecule has 1 heterocycles. The molecule has 0 radical (unpaired) electrons. The molecule has 0 aliphatic heterocycles. The van der Waals surface area contributed by atoms with Gasteiger partial charge in [0, 0.05) is 18.3 Å². The van der Waals surface area contributed by atoms with Crippen LogP contribution in [0.4, 0.5) is 0 Å². The lowest BCUT2D eigenvalue weighted by Crippen LogP contribution is -2.53. The third-order valence-electron chi connectivity index (χ3n) is 5.48. The number of ether oxygens (including phenoxy) is 1. The summed E-state index contributed by atoms with van der Waals surface area (Å²) in [5.74, 6) is -0.332. The first-order valence-electron chi connectivity index (χ1n) is 10.2. The fourth-order valence-corrected chi connectivity index (χ4v) is 4.03. The number of nitrogens with one attached hydrogen (secondary N) is 2. The van der Waals surface area contributed by atoms with Crippen molar-refractivity contribution < 1.29 is 9.53 Å². The monoisotopic (exact) mass is 411 g/mol. The SMILES string of the molecule is COC(=O)[C@@H](Cc1cnc[nH]1)NC(c1ccccc1)(c1ccccc1)c1ccccc1. The van der Waals surface area contributed by atoms with Crippen LogP contribution in [0.3, 0.4) is 0 Å². The average Bonchev–Trinajstić information content (AvgIpc) is 3.36. The van der Waals surface area contributed by atoms with Gasteiger partial charge in [-0.15, -0.1) is 0 Å². The van der Waals surface area contributed by atoms with Crippen LogP contribution in [0.25, 0.3) is 0 Å². The summed E-state index contributed by atoms with van der Waals surface area (Å²) < 4.78 is 5.18. The summed E-state index contributed by atoms with van der Waals surface area (Å²) in [7, 11) is 1.42. The van der Waals surface area contributed by atoms with Gasteiger partial charge in [0.2, 0.25) is 0 Å². The number of hydrogen-bond donors (Lipinski definition) is 2. The van der Waals surface area contributed by atoms with Crippen LogP contribution in [-0.4, -0.2) is 29.1 Å². The molecule has 0 fully saturated rings. The van der Waals surface area contributed by atoms with Gasteiger partial charge in [0.15, 0.2) is 0 Å². The second-order valence-corrected chi connectivity index (χ2v) is 7.35. The smallest absolute Gasteiger partial charge is 0.323 e. The van der Waals surface area contributed by atoms with E-state index in [1.807, 2.05) is 54.6 Å². The third-order valence-corrected chi connectivity index (χ3v) is 5.48.